The Kier molecular flexibility index (Phi) is 4.12. The zero-order valence-electron chi connectivity index (χ0n) is 8.91. The van der Waals surface area contributed by atoms with Crippen LogP contribution in [0.4, 0.5) is 0 Å². The molecule has 82 valence electrons. The third-order valence-corrected chi connectivity index (χ3v) is 1.92. The second kappa shape index (κ2) is 5.36. The molecule has 0 aliphatic rings. The molecule has 0 radical (unpaired) electrons. The Morgan fingerprint density at radius 3 is 2.87 bits per heavy atom. The third kappa shape index (κ3) is 2.70. The topological polar surface area (TPSA) is 58.6 Å². The standard InChI is InChI=1S/C11H15NO3/c1-3-15-10-6-4-5-8(13)11(10)9(14)7-12-2/h4-6,12-13H,3,7H2,1-2H3. The Balaban J connectivity index is 3.06. The second-order valence-corrected chi connectivity index (χ2v) is 3.04. The van der Waals surface area contributed by atoms with Gasteiger partial charge in [0, 0.05) is 0 Å². The number of hydrogen-bond donors (Lipinski definition) is 2. The van der Waals surface area contributed by atoms with Gasteiger partial charge in [-0.05, 0) is 26.1 Å². The lowest BCUT2D eigenvalue weighted by Crippen LogP contribution is -2.19. The summed E-state index contributed by atoms with van der Waals surface area (Å²) in [6, 6.07) is 4.80. The van der Waals surface area contributed by atoms with Crippen LogP contribution in [0.3, 0.4) is 0 Å². The Bertz CT molecular complexity index is 350. The highest BCUT2D eigenvalue weighted by Gasteiger charge is 2.16. The number of phenols is 1. The molecule has 0 heterocycles. The summed E-state index contributed by atoms with van der Waals surface area (Å²) in [4.78, 5) is 11.7. The van der Waals surface area contributed by atoms with E-state index >= 15 is 0 Å². The molecular weight excluding hydrogens is 194 g/mol. The Morgan fingerprint density at radius 2 is 2.27 bits per heavy atom. The zero-order chi connectivity index (χ0) is 11.3. The number of likely N-dealkylation sites (N-methyl/N-ethyl adjacent to an activating group) is 1. The fraction of sp³-hybridized carbons (Fsp3) is 0.364. The molecule has 0 spiro atoms. The summed E-state index contributed by atoms with van der Waals surface area (Å²) >= 11 is 0. The van der Waals surface area contributed by atoms with Gasteiger partial charge in [0.05, 0.1) is 13.2 Å². The van der Waals surface area contributed by atoms with E-state index in [0.717, 1.165) is 0 Å². The summed E-state index contributed by atoms with van der Waals surface area (Å²) < 4.78 is 5.28. The molecule has 0 bridgehead atoms. The maximum Gasteiger partial charge on any atom is 0.184 e. The number of hydrogen-bond acceptors (Lipinski definition) is 4. The summed E-state index contributed by atoms with van der Waals surface area (Å²) in [5.41, 5.74) is 0.244. The SMILES string of the molecule is CCOc1cccc(O)c1C(=O)CNC. The van der Waals surface area contributed by atoms with Crippen molar-refractivity contribution in [3.63, 3.8) is 0 Å². The van der Waals surface area contributed by atoms with Crippen molar-refractivity contribution >= 4 is 5.78 Å². The van der Waals surface area contributed by atoms with E-state index in [1.54, 1.807) is 19.2 Å². The number of carbonyl (C=O) groups is 1. The van der Waals surface area contributed by atoms with E-state index in [-0.39, 0.29) is 23.6 Å². The molecule has 4 heteroatoms. The molecule has 1 rings (SSSR count). The number of carbonyl (C=O) groups excluding carboxylic acids is 1. The van der Waals surface area contributed by atoms with E-state index in [4.69, 9.17) is 4.74 Å². The van der Waals surface area contributed by atoms with Gasteiger partial charge in [-0.15, -0.1) is 0 Å². The van der Waals surface area contributed by atoms with Crippen LogP contribution in [-0.4, -0.2) is 31.1 Å². The molecule has 0 fully saturated rings. The average molecular weight is 209 g/mol. The van der Waals surface area contributed by atoms with Crippen LogP contribution in [-0.2, 0) is 0 Å². The predicted octanol–water partition coefficient (Wildman–Crippen LogP) is 1.19. The molecule has 0 atom stereocenters. The van der Waals surface area contributed by atoms with Crippen LogP contribution >= 0.6 is 0 Å². The second-order valence-electron chi connectivity index (χ2n) is 3.04. The highest BCUT2D eigenvalue weighted by Crippen LogP contribution is 2.27. The number of rotatable bonds is 5. The lowest BCUT2D eigenvalue weighted by atomic mass is 10.1. The zero-order valence-corrected chi connectivity index (χ0v) is 8.91. The molecule has 4 nitrogen and oxygen atoms in total. The summed E-state index contributed by atoms with van der Waals surface area (Å²) in [6.07, 6.45) is 0. The molecule has 0 unspecified atom stereocenters. The van der Waals surface area contributed by atoms with Crippen LogP contribution in [0, 0.1) is 0 Å². The van der Waals surface area contributed by atoms with Gasteiger partial charge in [-0.1, -0.05) is 6.07 Å². The van der Waals surface area contributed by atoms with Gasteiger partial charge in [0.25, 0.3) is 0 Å². The first-order valence-electron chi connectivity index (χ1n) is 4.83. The minimum Gasteiger partial charge on any atom is -0.507 e. The first-order valence-corrected chi connectivity index (χ1v) is 4.83. The van der Waals surface area contributed by atoms with Crippen LogP contribution < -0.4 is 10.1 Å². The molecule has 0 saturated carbocycles. The molecule has 1 aromatic rings. The van der Waals surface area contributed by atoms with Gasteiger partial charge in [-0.2, -0.15) is 0 Å². The minimum atomic E-state index is -0.181. The van der Waals surface area contributed by atoms with E-state index in [1.807, 2.05) is 6.92 Å². The van der Waals surface area contributed by atoms with E-state index in [2.05, 4.69) is 5.32 Å². The summed E-state index contributed by atoms with van der Waals surface area (Å²) in [7, 11) is 1.68. The van der Waals surface area contributed by atoms with Gasteiger partial charge in [-0.3, -0.25) is 4.79 Å². The largest absolute Gasteiger partial charge is 0.507 e. The van der Waals surface area contributed by atoms with E-state index in [9.17, 15) is 9.90 Å². The fourth-order valence-corrected chi connectivity index (χ4v) is 1.32. The Labute approximate surface area is 88.9 Å². The quantitative estimate of drug-likeness (QED) is 0.715. The van der Waals surface area contributed by atoms with Crippen LogP contribution in [0.15, 0.2) is 18.2 Å². The predicted molar refractivity (Wildman–Crippen MR) is 57.5 cm³/mol. The van der Waals surface area contributed by atoms with Gasteiger partial charge in [0.15, 0.2) is 5.78 Å². The molecule has 15 heavy (non-hydrogen) atoms. The summed E-state index contributed by atoms with van der Waals surface area (Å²) in [5, 5.41) is 12.3. The normalized spacial score (nSPS) is 10.0. The van der Waals surface area contributed by atoms with Crippen LogP contribution in [0.5, 0.6) is 11.5 Å². The van der Waals surface area contributed by atoms with E-state index in [1.165, 1.54) is 6.07 Å². The van der Waals surface area contributed by atoms with Gasteiger partial charge in [0.1, 0.15) is 17.1 Å². The number of ether oxygens (including phenoxy) is 1. The van der Waals surface area contributed by atoms with Crippen LogP contribution in [0.25, 0.3) is 0 Å². The molecule has 2 N–H and O–H groups in total. The lowest BCUT2D eigenvalue weighted by molar-refractivity contribution is 0.0987. The third-order valence-electron chi connectivity index (χ3n) is 1.92. The minimum absolute atomic E-state index is 0.0406. The maximum atomic E-state index is 11.7. The first-order chi connectivity index (χ1) is 7.20. The van der Waals surface area contributed by atoms with Crippen LogP contribution in [0.2, 0.25) is 0 Å². The van der Waals surface area contributed by atoms with Crippen molar-refractivity contribution in [3.8, 4) is 11.5 Å². The van der Waals surface area contributed by atoms with Crippen molar-refractivity contribution in [2.45, 2.75) is 6.92 Å². The van der Waals surface area contributed by atoms with Crippen molar-refractivity contribution in [1.29, 1.82) is 0 Å². The van der Waals surface area contributed by atoms with E-state index < -0.39 is 0 Å². The van der Waals surface area contributed by atoms with Crippen LogP contribution in [0.1, 0.15) is 17.3 Å². The monoisotopic (exact) mass is 209 g/mol. The van der Waals surface area contributed by atoms with Crippen molar-refractivity contribution in [3.05, 3.63) is 23.8 Å². The fourth-order valence-electron chi connectivity index (χ4n) is 1.32. The highest BCUT2D eigenvalue weighted by atomic mass is 16.5. The molecule has 1 aromatic carbocycles. The van der Waals surface area contributed by atoms with Crippen molar-refractivity contribution < 1.29 is 14.6 Å². The molecule has 0 aromatic heterocycles. The van der Waals surface area contributed by atoms with Crippen molar-refractivity contribution in [1.82, 2.24) is 5.32 Å². The summed E-state index contributed by atoms with van der Waals surface area (Å²) in [5.74, 6) is 0.206. The molecule has 0 amide bonds. The Hall–Kier alpha value is -1.55. The summed E-state index contributed by atoms with van der Waals surface area (Å²) in [6.45, 7) is 2.47. The number of ketones is 1. The molecular formula is C11H15NO3. The first kappa shape index (κ1) is 11.5. The lowest BCUT2D eigenvalue weighted by Gasteiger charge is -2.10. The molecule has 0 saturated heterocycles. The van der Waals surface area contributed by atoms with Gasteiger partial charge < -0.3 is 15.2 Å². The maximum absolute atomic E-state index is 11.7. The number of nitrogens with one attached hydrogen (secondary N) is 1. The van der Waals surface area contributed by atoms with Crippen molar-refractivity contribution in [2.75, 3.05) is 20.2 Å². The van der Waals surface area contributed by atoms with Gasteiger partial charge in [-0.25, -0.2) is 0 Å². The highest BCUT2D eigenvalue weighted by molar-refractivity contribution is 6.02. The number of aromatic hydroxyl groups is 1. The molecule has 0 aliphatic heterocycles. The number of Topliss-reactive ketones (excluding diaryl/α,β-unsaturated/α-hetero) is 1. The van der Waals surface area contributed by atoms with E-state index in [0.29, 0.717) is 12.4 Å². The number of phenolic OH excluding ortho intramolecular Hbond substituents is 1. The van der Waals surface area contributed by atoms with Crippen molar-refractivity contribution in [2.24, 2.45) is 0 Å². The van der Waals surface area contributed by atoms with Gasteiger partial charge >= 0.3 is 0 Å². The molecule has 0 aliphatic carbocycles. The smallest absolute Gasteiger partial charge is 0.184 e. The number of benzene rings is 1. The van der Waals surface area contributed by atoms with Gasteiger partial charge in [0.2, 0.25) is 0 Å². The average Bonchev–Trinajstić information content (AvgIpc) is 2.18. The Morgan fingerprint density at radius 1 is 1.53 bits per heavy atom.